The molecule has 0 saturated carbocycles. The monoisotopic (exact) mass is 416 g/mol. The predicted molar refractivity (Wildman–Crippen MR) is 120 cm³/mol. The minimum absolute atomic E-state index is 0.223. The summed E-state index contributed by atoms with van der Waals surface area (Å²) in [6.07, 6.45) is 1.55. The van der Waals surface area contributed by atoms with Crippen LogP contribution in [0.15, 0.2) is 65.1 Å². The minimum atomic E-state index is -0.223. The molecule has 3 aromatic carbocycles. The zero-order valence-corrected chi connectivity index (χ0v) is 17.8. The first-order valence-corrected chi connectivity index (χ1v) is 10.1. The molecule has 0 aliphatic rings. The molecule has 6 nitrogen and oxygen atoms in total. The van der Waals surface area contributed by atoms with Gasteiger partial charge in [-0.3, -0.25) is 4.79 Å². The Balaban J connectivity index is 1.44. The Kier molecular flexibility index (Phi) is 5.89. The number of anilines is 1. The molecule has 1 N–H and O–H groups in total. The summed E-state index contributed by atoms with van der Waals surface area (Å²) >= 11 is 0. The first-order valence-electron chi connectivity index (χ1n) is 10.1. The van der Waals surface area contributed by atoms with Crippen molar-refractivity contribution in [3.8, 4) is 11.5 Å². The number of hydrogen-bond acceptors (Lipinski definition) is 5. The second-order valence-electron chi connectivity index (χ2n) is 7.16. The van der Waals surface area contributed by atoms with Crippen LogP contribution in [-0.2, 0) is 12.8 Å². The van der Waals surface area contributed by atoms with Crippen molar-refractivity contribution in [2.24, 2.45) is 0 Å². The number of nitrogens with one attached hydrogen (secondary N) is 1. The average molecular weight is 416 g/mol. The van der Waals surface area contributed by atoms with Crippen LogP contribution >= 0.6 is 0 Å². The van der Waals surface area contributed by atoms with Crippen LogP contribution in [0.5, 0.6) is 11.5 Å². The minimum Gasteiger partial charge on any atom is -0.493 e. The third-order valence-electron chi connectivity index (χ3n) is 5.12. The van der Waals surface area contributed by atoms with Crippen molar-refractivity contribution in [1.29, 1.82) is 0 Å². The third kappa shape index (κ3) is 4.53. The second-order valence-corrected chi connectivity index (χ2v) is 7.16. The van der Waals surface area contributed by atoms with Gasteiger partial charge in [-0.05, 0) is 60.0 Å². The van der Waals surface area contributed by atoms with Crippen LogP contribution in [0.25, 0.3) is 11.1 Å². The summed E-state index contributed by atoms with van der Waals surface area (Å²) in [6, 6.07) is 18.8. The summed E-state index contributed by atoms with van der Waals surface area (Å²) in [6.45, 7) is 2.12. The standard InChI is InChI=1S/C25H24N2O4/c1-4-16-7-11-21-20(13-16)27-24(31-21)14-17-5-9-19(10-6-17)26-25(28)18-8-12-22(29-2)23(15-18)30-3/h5-13,15H,4,14H2,1-3H3,(H,26,28). The van der Waals surface area contributed by atoms with Gasteiger partial charge in [-0.2, -0.15) is 0 Å². The van der Waals surface area contributed by atoms with Gasteiger partial charge in [0.25, 0.3) is 5.91 Å². The van der Waals surface area contributed by atoms with E-state index < -0.39 is 0 Å². The summed E-state index contributed by atoms with van der Waals surface area (Å²) in [5.74, 6) is 1.54. The summed E-state index contributed by atoms with van der Waals surface area (Å²) in [5, 5.41) is 2.90. The van der Waals surface area contributed by atoms with Gasteiger partial charge in [0.05, 0.1) is 14.2 Å². The van der Waals surface area contributed by atoms with E-state index in [-0.39, 0.29) is 5.91 Å². The van der Waals surface area contributed by atoms with E-state index >= 15 is 0 Å². The molecule has 4 aromatic rings. The Hall–Kier alpha value is -3.80. The summed E-state index contributed by atoms with van der Waals surface area (Å²) in [5.41, 5.74) is 5.15. The molecular formula is C25H24N2O4. The zero-order chi connectivity index (χ0) is 21.8. The molecule has 4 rings (SSSR count). The number of carbonyl (C=O) groups is 1. The predicted octanol–water partition coefficient (Wildman–Crippen LogP) is 5.25. The number of carbonyl (C=O) groups excluding carboxylic acids is 1. The van der Waals surface area contributed by atoms with Crippen LogP contribution in [0, 0.1) is 0 Å². The van der Waals surface area contributed by atoms with Crippen molar-refractivity contribution in [2.45, 2.75) is 19.8 Å². The van der Waals surface area contributed by atoms with E-state index in [1.807, 2.05) is 30.3 Å². The van der Waals surface area contributed by atoms with Gasteiger partial charge in [0.15, 0.2) is 23.0 Å². The number of rotatable bonds is 7. The van der Waals surface area contributed by atoms with E-state index in [4.69, 9.17) is 13.9 Å². The van der Waals surface area contributed by atoms with Crippen molar-refractivity contribution in [3.05, 3.63) is 83.2 Å². The molecule has 1 heterocycles. The Morgan fingerprint density at radius 1 is 0.935 bits per heavy atom. The lowest BCUT2D eigenvalue weighted by Crippen LogP contribution is -2.12. The maximum Gasteiger partial charge on any atom is 0.255 e. The lowest BCUT2D eigenvalue weighted by molar-refractivity contribution is 0.102. The molecule has 0 atom stereocenters. The topological polar surface area (TPSA) is 73.6 Å². The van der Waals surface area contributed by atoms with Crippen molar-refractivity contribution in [2.75, 3.05) is 19.5 Å². The highest BCUT2D eigenvalue weighted by Crippen LogP contribution is 2.28. The molecule has 6 heteroatoms. The van der Waals surface area contributed by atoms with Crippen LogP contribution in [0.1, 0.15) is 34.3 Å². The Bertz CT molecular complexity index is 1210. The number of fused-ring (bicyclic) bond motifs is 1. The molecule has 31 heavy (non-hydrogen) atoms. The van der Waals surface area contributed by atoms with Gasteiger partial charge in [0.2, 0.25) is 0 Å². The van der Waals surface area contributed by atoms with Crippen molar-refractivity contribution >= 4 is 22.7 Å². The Morgan fingerprint density at radius 3 is 2.39 bits per heavy atom. The molecule has 0 fully saturated rings. The first kappa shape index (κ1) is 20.5. The largest absolute Gasteiger partial charge is 0.493 e. The molecule has 0 radical (unpaired) electrons. The number of oxazole rings is 1. The van der Waals surface area contributed by atoms with Crippen molar-refractivity contribution < 1.29 is 18.7 Å². The van der Waals surface area contributed by atoms with Gasteiger partial charge >= 0.3 is 0 Å². The van der Waals surface area contributed by atoms with Crippen molar-refractivity contribution in [1.82, 2.24) is 4.98 Å². The number of methoxy groups -OCH3 is 2. The van der Waals surface area contributed by atoms with E-state index in [0.29, 0.717) is 35.1 Å². The molecule has 1 amide bonds. The SMILES string of the molecule is CCc1ccc2oc(Cc3ccc(NC(=O)c4ccc(OC)c(OC)c4)cc3)nc2c1. The molecule has 1 aromatic heterocycles. The van der Waals surface area contributed by atoms with Crippen LogP contribution < -0.4 is 14.8 Å². The van der Waals surface area contributed by atoms with Gasteiger partial charge in [-0.25, -0.2) is 4.98 Å². The van der Waals surface area contributed by atoms with E-state index in [2.05, 4.69) is 29.4 Å². The highest BCUT2D eigenvalue weighted by Gasteiger charge is 2.12. The maximum atomic E-state index is 12.6. The smallest absolute Gasteiger partial charge is 0.255 e. The maximum absolute atomic E-state index is 12.6. The van der Waals surface area contributed by atoms with E-state index in [1.165, 1.54) is 12.7 Å². The lowest BCUT2D eigenvalue weighted by atomic mass is 10.1. The number of benzene rings is 3. The van der Waals surface area contributed by atoms with Gasteiger partial charge in [0.1, 0.15) is 5.52 Å². The Labute approximate surface area is 180 Å². The molecule has 0 bridgehead atoms. The van der Waals surface area contributed by atoms with E-state index in [1.54, 1.807) is 25.3 Å². The van der Waals surface area contributed by atoms with Gasteiger partial charge in [-0.1, -0.05) is 25.1 Å². The fourth-order valence-corrected chi connectivity index (χ4v) is 3.38. The number of amides is 1. The number of ether oxygens (including phenoxy) is 2. The average Bonchev–Trinajstić information content (AvgIpc) is 3.21. The molecule has 0 saturated heterocycles. The molecular weight excluding hydrogens is 392 g/mol. The summed E-state index contributed by atoms with van der Waals surface area (Å²) in [7, 11) is 3.10. The van der Waals surface area contributed by atoms with Crippen molar-refractivity contribution in [3.63, 3.8) is 0 Å². The van der Waals surface area contributed by atoms with Gasteiger partial charge in [0, 0.05) is 17.7 Å². The van der Waals surface area contributed by atoms with Gasteiger partial charge < -0.3 is 19.2 Å². The summed E-state index contributed by atoms with van der Waals surface area (Å²) in [4.78, 5) is 17.2. The summed E-state index contributed by atoms with van der Waals surface area (Å²) < 4.78 is 16.3. The molecule has 0 aliphatic carbocycles. The van der Waals surface area contributed by atoms with Crippen LogP contribution in [-0.4, -0.2) is 25.1 Å². The third-order valence-corrected chi connectivity index (χ3v) is 5.12. The second kappa shape index (κ2) is 8.92. The number of aromatic nitrogens is 1. The van der Waals surface area contributed by atoms with Crippen LogP contribution in [0.3, 0.4) is 0 Å². The highest BCUT2D eigenvalue weighted by molar-refractivity contribution is 6.04. The Morgan fingerprint density at radius 2 is 1.68 bits per heavy atom. The van der Waals surface area contributed by atoms with Crippen LogP contribution in [0.4, 0.5) is 5.69 Å². The normalized spacial score (nSPS) is 10.8. The quantitative estimate of drug-likeness (QED) is 0.445. The number of aryl methyl sites for hydroxylation is 1. The fourth-order valence-electron chi connectivity index (χ4n) is 3.38. The molecule has 0 spiro atoms. The fraction of sp³-hybridized carbons (Fsp3) is 0.200. The number of hydrogen-bond donors (Lipinski definition) is 1. The molecule has 158 valence electrons. The first-order chi connectivity index (χ1) is 15.1. The van der Waals surface area contributed by atoms with E-state index in [0.717, 1.165) is 23.1 Å². The van der Waals surface area contributed by atoms with Gasteiger partial charge in [-0.15, -0.1) is 0 Å². The zero-order valence-electron chi connectivity index (χ0n) is 17.8. The molecule has 0 unspecified atom stereocenters. The van der Waals surface area contributed by atoms with E-state index in [9.17, 15) is 4.79 Å². The van der Waals surface area contributed by atoms with Crippen LogP contribution in [0.2, 0.25) is 0 Å². The lowest BCUT2D eigenvalue weighted by Gasteiger charge is -2.10. The highest BCUT2D eigenvalue weighted by atomic mass is 16.5. The molecule has 0 aliphatic heterocycles. The number of nitrogens with zero attached hydrogens (tertiary/aromatic N) is 1.